The fourth-order valence-corrected chi connectivity index (χ4v) is 2.02. The van der Waals surface area contributed by atoms with Crippen molar-refractivity contribution in [2.24, 2.45) is 0 Å². The zero-order chi connectivity index (χ0) is 14.4. The fourth-order valence-electron chi connectivity index (χ4n) is 2.02. The van der Waals surface area contributed by atoms with Crippen LogP contribution < -0.4 is 10.1 Å². The number of nitrogens with zero attached hydrogens (tertiary/aromatic N) is 2. The number of rotatable bonds is 7. The molecule has 0 bridgehead atoms. The summed E-state index contributed by atoms with van der Waals surface area (Å²) in [4.78, 5) is 4.24. The summed E-state index contributed by atoms with van der Waals surface area (Å²) >= 11 is 0. The van der Waals surface area contributed by atoms with Gasteiger partial charge in [0.1, 0.15) is 5.75 Å². The number of para-hydroxylation sites is 1. The summed E-state index contributed by atoms with van der Waals surface area (Å²) < 4.78 is 10.9. The largest absolute Gasteiger partial charge is 0.485 e. The minimum absolute atomic E-state index is 0.243. The topological polar surface area (TPSA) is 60.2 Å². The molecule has 0 radical (unpaired) electrons. The maximum Gasteiger partial charge on any atom is 0.226 e. The van der Waals surface area contributed by atoms with E-state index in [9.17, 15) is 0 Å². The molecule has 0 saturated carbocycles. The Morgan fingerprint density at radius 2 is 2.10 bits per heavy atom. The van der Waals surface area contributed by atoms with Gasteiger partial charge in [-0.05, 0) is 19.5 Å². The van der Waals surface area contributed by atoms with Crippen molar-refractivity contribution in [1.29, 1.82) is 0 Å². The van der Waals surface area contributed by atoms with Crippen LogP contribution >= 0.6 is 0 Å². The zero-order valence-electron chi connectivity index (χ0n) is 12.2. The maximum atomic E-state index is 5.82. The summed E-state index contributed by atoms with van der Waals surface area (Å²) in [7, 11) is 0. The molecule has 1 aromatic carbocycles. The van der Waals surface area contributed by atoms with E-state index in [2.05, 4.69) is 35.4 Å². The molecule has 0 fully saturated rings. The number of hydrogen-bond donors (Lipinski definition) is 1. The van der Waals surface area contributed by atoms with Gasteiger partial charge in [0.25, 0.3) is 0 Å². The predicted molar refractivity (Wildman–Crippen MR) is 76.5 cm³/mol. The van der Waals surface area contributed by atoms with E-state index in [1.807, 2.05) is 25.1 Å². The minimum Gasteiger partial charge on any atom is -0.485 e. The molecule has 2 aromatic rings. The van der Waals surface area contributed by atoms with E-state index < -0.39 is 0 Å². The van der Waals surface area contributed by atoms with Crippen molar-refractivity contribution in [3.05, 3.63) is 41.5 Å². The maximum absolute atomic E-state index is 5.82. The highest BCUT2D eigenvalue weighted by atomic mass is 16.5. The van der Waals surface area contributed by atoms with Crippen LogP contribution in [0.25, 0.3) is 0 Å². The van der Waals surface area contributed by atoms with E-state index >= 15 is 0 Å². The van der Waals surface area contributed by atoms with Gasteiger partial charge in [0.05, 0.1) is 0 Å². The van der Waals surface area contributed by atoms with Gasteiger partial charge in [-0.15, -0.1) is 0 Å². The van der Waals surface area contributed by atoms with E-state index in [1.54, 1.807) is 0 Å². The Morgan fingerprint density at radius 3 is 2.80 bits per heavy atom. The normalized spacial score (nSPS) is 12.3. The molecule has 20 heavy (non-hydrogen) atoms. The summed E-state index contributed by atoms with van der Waals surface area (Å²) in [6.07, 6.45) is 0.737. The van der Waals surface area contributed by atoms with Crippen molar-refractivity contribution in [3.8, 4) is 5.75 Å². The van der Waals surface area contributed by atoms with Gasteiger partial charge in [0, 0.05) is 18.0 Å². The molecule has 2 rings (SSSR count). The molecule has 1 N–H and O–H groups in total. The highest BCUT2D eigenvalue weighted by Gasteiger charge is 2.11. The van der Waals surface area contributed by atoms with E-state index in [-0.39, 0.29) is 6.04 Å². The average molecular weight is 275 g/mol. The summed E-state index contributed by atoms with van der Waals surface area (Å²) in [5.74, 6) is 2.06. The van der Waals surface area contributed by atoms with Crippen LogP contribution in [0.5, 0.6) is 5.75 Å². The third-order valence-corrected chi connectivity index (χ3v) is 3.07. The van der Waals surface area contributed by atoms with E-state index in [1.165, 1.54) is 0 Å². The Morgan fingerprint density at radius 1 is 1.30 bits per heavy atom. The second kappa shape index (κ2) is 7.05. The molecule has 108 valence electrons. The van der Waals surface area contributed by atoms with Crippen molar-refractivity contribution in [2.75, 3.05) is 6.54 Å². The highest BCUT2D eigenvalue weighted by molar-refractivity contribution is 5.35. The Labute approximate surface area is 119 Å². The molecule has 1 aromatic heterocycles. The van der Waals surface area contributed by atoms with Gasteiger partial charge in [-0.2, -0.15) is 4.98 Å². The van der Waals surface area contributed by atoms with Crippen molar-refractivity contribution in [1.82, 2.24) is 15.5 Å². The number of aryl methyl sites for hydroxylation is 1. The molecule has 5 nitrogen and oxygen atoms in total. The first kappa shape index (κ1) is 14.5. The van der Waals surface area contributed by atoms with E-state index in [0.717, 1.165) is 24.3 Å². The zero-order valence-corrected chi connectivity index (χ0v) is 12.2. The Kier molecular flexibility index (Phi) is 5.12. The second-order valence-corrected chi connectivity index (χ2v) is 4.56. The fraction of sp³-hybridized carbons (Fsp3) is 0.467. The third-order valence-electron chi connectivity index (χ3n) is 3.07. The first-order chi connectivity index (χ1) is 9.74. The van der Waals surface area contributed by atoms with Crippen LogP contribution in [0.15, 0.2) is 28.8 Å². The summed E-state index contributed by atoms with van der Waals surface area (Å²) in [6, 6.07) is 8.25. The van der Waals surface area contributed by atoms with Crippen LogP contribution in [0.3, 0.4) is 0 Å². The van der Waals surface area contributed by atoms with Gasteiger partial charge in [0.2, 0.25) is 11.7 Å². The number of benzene rings is 1. The first-order valence-electron chi connectivity index (χ1n) is 7.01. The number of aromatic nitrogens is 2. The van der Waals surface area contributed by atoms with Crippen LogP contribution in [0, 0.1) is 0 Å². The van der Waals surface area contributed by atoms with Crippen LogP contribution in [-0.2, 0) is 13.0 Å². The molecular weight excluding hydrogens is 254 g/mol. The Balaban J connectivity index is 2.05. The van der Waals surface area contributed by atoms with Crippen LogP contribution in [0.2, 0.25) is 0 Å². The predicted octanol–water partition coefficient (Wildman–Crippen LogP) is 2.88. The lowest BCUT2D eigenvalue weighted by Gasteiger charge is -2.16. The quantitative estimate of drug-likeness (QED) is 0.842. The molecule has 1 unspecified atom stereocenters. The van der Waals surface area contributed by atoms with Crippen molar-refractivity contribution in [3.63, 3.8) is 0 Å². The van der Waals surface area contributed by atoms with Crippen LogP contribution in [-0.4, -0.2) is 16.7 Å². The molecule has 0 aliphatic rings. The molecule has 0 amide bonds. The summed E-state index contributed by atoms with van der Waals surface area (Å²) in [5.41, 5.74) is 1.13. The molecular formula is C15H21N3O2. The Hall–Kier alpha value is -1.88. The van der Waals surface area contributed by atoms with Crippen LogP contribution in [0.1, 0.15) is 44.1 Å². The lowest BCUT2D eigenvalue weighted by molar-refractivity contribution is 0.280. The van der Waals surface area contributed by atoms with Crippen molar-refractivity contribution >= 4 is 0 Å². The van der Waals surface area contributed by atoms with Gasteiger partial charge in [-0.1, -0.05) is 37.2 Å². The standard InChI is InChI=1S/C15H21N3O2/c1-4-15-17-14(18-20-15)10-19-13-9-7-6-8-12(13)11(3)16-5-2/h6-9,11,16H,4-5,10H2,1-3H3. The molecule has 1 atom stereocenters. The summed E-state index contributed by atoms with van der Waals surface area (Å²) in [5, 5.41) is 7.27. The molecule has 0 aliphatic heterocycles. The average Bonchev–Trinajstić information content (AvgIpc) is 2.93. The smallest absolute Gasteiger partial charge is 0.226 e. The molecule has 1 heterocycles. The second-order valence-electron chi connectivity index (χ2n) is 4.56. The van der Waals surface area contributed by atoms with Crippen molar-refractivity contribution in [2.45, 2.75) is 39.8 Å². The summed E-state index contributed by atoms with van der Waals surface area (Å²) in [6.45, 7) is 7.42. The molecule has 0 spiro atoms. The van der Waals surface area contributed by atoms with Gasteiger partial charge in [0.15, 0.2) is 6.61 Å². The number of ether oxygens (including phenoxy) is 1. The van der Waals surface area contributed by atoms with Gasteiger partial charge >= 0.3 is 0 Å². The lowest BCUT2D eigenvalue weighted by Crippen LogP contribution is -2.18. The van der Waals surface area contributed by atoms with E-state index in [4.69, 9.17) is 9.26 Å². The third kappa shape index (κ3) is 3.57. The lowest BCUT2D eigenvalue weighted by atomic mass is 10.1. The Bertz CT molecular complexity index is 539. The monoisotopic (exact) mass is 275 g/mol. The SMILES string of the molecule is CCNC(C)c1ccccc1OCc1noc(CC)n1. The molecule has 0 aliphatic carbocycles. The van der Waals surface area contributed by atoms with Gasteiger partial charge < -0.3 is 14.6 Å². The van der Waals surface area contributed by atoms with Gasteiger partial charge in [-0.3, -0.25) is 0 Å². The number of hydrogen-bond acceptors (Lipinski definition) is 5. The highest BCUT2D eigenvalue weighted by Crippen LogP contribution is 2.25. The minimum atomic E-state index is 0.243. The van der Waals surface area contributed by atoms with E-state index in [0.29, 0.717) is 18.3 Å². The first-order valence-corrected chi connectivity index (χ1v) is 7.01. The van der Waals surface area contributed by atoms with Crippen molar-refractivity contribution < 1.29 is 9.26 Å². The van der Waals surface area contributed by atoms with Gasteiger partial charge in [-0.25, -0.2) is 0 Å². The molecule has 5 heteroatoms. The molecule has 0 saturated heterocycles. The number of nitrogens with one attached hydrogen (secondary N) is 1. The van der Waals surface area contributed by atoms with Crippen LogP contribution in [0.4, 0.5) is 0 Å².